The van der Waals surface area contributed by atoms with Crippen LogP contribution in [0.4, 0.5) is 5.69 Å². The maximum atomic E-state index is 10.8. The molecule has 1 aromatic carbocycles. The summed E-state index contributed by atoms with van der Waals surface area (Å²) in [6.07, 6.45) is 6.67. The van der Waals surface area contributed by atoms with Crippen LogP contribution in [0.25, 0.3) is 0 Å². The van der Waals surface area contributed by atoms with Gasteiger partial charge in [-0.15, -0.1) is 0 Å². The zero-order chi connectivity index (χ0) is 14.4. The van der Waals surface area contributed by atoms with Gasteiger partial charge in [-0.05, 0) is 47.0 Å². The fraction of sp³-hybridized carbons (Fsp3) is 0.533. The van der Waals surface area contributed by atoms with E-state index in [1.807, 2.05) is 0 Å². The lowest BCUT2D eigenvalue weighted by molar-refractivity contribution is 0.0347. The van der Waals surface area contributed by atoms with Crippen molar-refractivity contribution >= 4 is 27.6 Å². The Kier molecular flexibility index (Phi) is 5.86. The van der Waals surface area contributed by atoms with Gasteiger partial charge in [0.15, 0.2) is 0 Å². The molecule has 2 N–H and O–H groups in total. The van der Waals surface area contributed by atoms with Crippen LogP contribution in [0.15, 0.2) is 22.7 Å². The quantitative estimate of drug-likeness (QED) is 0.770. The molecule has 1 saturated carbocycles. The lowest BCUT2D eigenvalue weighted by atomic mass is 9.98. The molecule has 0 spiro atoms. The minimum atomic E-state index is -0.919. The van der Waals surface area contributed by atoms with E-state index in [1.54, 1.807) is 18.2 Å². The second-order valence-corrected chi connectivity index (χ2v) is 5.91. The predicted octanol–water partition coefficient (Wildman–Crippen LogP) is 3.91. The number of carboxylic acid groups (broad SMARTS) is 1. The SMILES string of the molecule is O=C(O)c1ccc(NCCOC2CCCCC2)c(Br)c1. The van der Waals surface area contributed by atoms with Gasteiger partial charge in [0.2, 0.25) is 0 Å². The number of benzene rings is 1. The van der Waals surface area contributed by atoms with Gasteiger partial charge >= 0.3 is 5.97 Å². The molecule has 0 radical (unpaired) electrons. The monoisotopic (exact) mass is 341 g/mol. The Morgan fingerprint density at radius 1 is 1.35 bits per heavy atom. The number of carboxylic acids is 1. The Labute approximate surface area is 127 Å². The van der Waals surface area contributed by atoms with E-state index in [0.29, 0.717) is 12.7 Å². The number of anilines is 1. The van der Waals surface area contributed by atoms with Gasteiger partial charge in [-0.25, -0.2) is 4.79 Å². The first kappa shape index (κ1) is 15.3. The first-order chi connectivity index (χ1) is 9.66. The maximum Gasteiger partial charge on any atom is 0.335 e. The average molecular weight is 342 g/mol. The van der Waals surface area contributed by atoms with Gasteiger partial charge in [0.1, 0.15) is 0 Å². The molecule has 2 rings (SSSR count). The molecule has 1 aliphatic rings. The number of halogens is 1. The average Bonchev–Trinajstić information content (AvgIpc) is 2.46. The van der Waals surface area contributed by atoms with Crippen LogP contribution in [0.5, 0.6) is 0 Å². The molecule has 5 heteroatoms. The first-order valence-electron chi connectivity index (χ1n) is 7.05. The molecule has 4 nitrogen and oxygen atoms in total. The second kappa shape index (κ2) is 7.64. The van der Waals surface area contributed by atoms with Crippen molar-refractivity contribution in [2.75, 3.05) is 18.5 Å². The molecule has 0 aromatic heterocycles. The van der Waals surface area contributed by atoms with Crippen LogP contribution in [0.1, 0.15) is 42.5 Å². The third-order valence-corrected chi connectivity index (χ3v) is 4.20. The van der Waals surface area contributed by atoms with E-state index in [-0.39, 0.29) is 5.56 Å². The molecule has 0 amide bonds. The molecule has 1 aromatic rings. The van der Waals surface area contributed by atoms with E-state index in [2.05, 4.69) is 21.2 Å². The minimum absolute atomic E-state index is 0.279. The summed E-state index contributed by atoms with van der Waals surface area (Å²) in [6.45, 7) is 1.40. The number of ether oxygens (including phenoxy) is 1. The van der Waals surface area contributed by atoms with E-state index >= 15 is 0 Å². The Morgan fingerprint density at radius 2 is 2.10 bits per heavy atom. The van der Waals surface area contributed by atoms with Crippen LogP contribution in [0, 0.1) is 0 Å². The standard InChI is InChI=1S/C15H20BrNO3/c16-13-10-11(15(18)19)6-7-14(13)17-8-9-20-12-4-2-1-3-5-12/h6-7,10,12,17H,1-5,8-9H2,(H,18,19). The van der Waals surface area contributed by atoms with Gasteiger partial charge in [-0.2, -0.15) is 0 Å². The summed E-state index contributed by atoms with van der Waals surface area (Å²) in [6, 6.07) is 4.97. The fourth-order valence-corrected chi connectivity index (χ4v) is 2.95. The van der Waals surface area contributed by atoms with E-state index in [4.69, 9.17) is 9.84 Å². The number of carbonyl (C=O) groups is 1. The van der Waals surface area contributed by atoms with Crippen LogP contribution in [0.2, 0.25) is 0 Å². The summed E-state index contributed by atoms with van der Waals surface area (Å²) >= 11 is 3.38. The van der Waals surface area contributed by atoms with Crippen molar-refractivity contribution in [3.8, 4) is 0 Å². The third kappa shape index (κ3) is 4.49. The number of hydrogen-bond donors (Lipinski definition) is 2. The summed E-state index contributed by atoms with van der Waals surface area (Å²) in [4.78, 5) is 10.8. The van der Waals surface area contributed by atoms with Crippen LogP contribution in [-0.4, -0.2) is 30.3 Å². The maximum absolute atomic E-state index is 10.8. The van der Waals surface area contributed by atoms with Crippen molar-refractivity contribution in [2.45, 2.75) is 38.2 Å². The summed E-state index contributed by atoms with van der Waals surface area (Å²) in [5.41, 5.74) is 1.17. The van der Waals surface area contributed by atoms with Crippen molar-refractivity contribution in [1.82, 2.24) is 0 Å². The molecule has 1 fully saturated rings. The third-order valence-electron chi connectivity index (χ3n) is 3.54. The predicted molar refractivity (Wildman–Crippen MR) is 82.4 cm³/mol. The molecule has 20 heavy (non-hydrogen) atoms. The molecule has 110 valence electrons. The van der Waals surface area contributed by atoms with Gasteiger partial charge in [-0.3, -0.25) is 0 Å². The van der Waals surface area contributed by atoms with Crippen molar-refractivity contribution < 1.29 is 14.6 Å². The summed E-state index contributed by atoms with van der Waals surface area (Å²) in [7, 11) is 0. The van der Waals surface area contributed by atoms with E-state index in [0.717, 1.165) is 16.7 Å². The normalized spacial score (nSPS) is 16.1. The van der Waals surface area contributed by atoms with Crippen LogP contribution in [-0.2, 0) is 4.74 Å². The lowest BCUT2D eigenvalue weighted by Gasteiger charge is -2.22. The van der Waals surface area contributed by atoms with E-state index in [1.165, 1.54) is 32.1 Å². The molecular formula is C15H20BrNO3. The van der Waals surface area contributed by atoms with Crippen LogP contribution in [0.3, 0.4) is 0 Å². The number of nitrogens with one attached hydrogen (secondary N) is 1. The smallest absolute Gasteiger partial charge is 0.335 e. The molecular weight excluding hydrogens is 322 g/mol. The molecule has 0 bridgehead atoms. The lowest BCUT2D eigenvalue weighted by Crippen LogP contribution is -2.20. The van der Waals surface area contributed by atoms with Crippen molar-refractivity contribution in [3.05, 3.63) is 28.2 Å². The second-order valence-electron chi connectivity index (χ2n) is 5.06. The zero-order valence-corrected chi connectivity index (χ0v) is 13.0. The highest BCUT2D eigenvalue weighted by molar-refractivity contribution is 9.10. The topological polar surface area (TPSA) is 58.6 Å². The van der Waals surface area contributed by atoms with Gasteiger partial charge in [0.25, 0.3) is 0 Å². The van der Waals surface area contributed by atoms with E-state index < -0.39 is 5.97 Å². The molecule has 1 aliphatic carbocycles. The highest BCUT2D eigenvalue weighted by Gasteiger charge is 2.13. The Bertz CT molecular complexity index is 458. The van der Waals surface area contributed by atoms with Gasteiger partial charge in [0.05, 0.1) is 18.3 Å². The van der Waals surface area contributed by atoms with Gasteiger partial charge in [0, 0.05) is 16.7 Å². The van der Waals surface area contributed by atoms with Crippen LogP contribution >= 0.6 is 15.9 Å². The van der Waals surface area contributed by atoms with Crippen molar-refractivity contribution in [3.63, 3.8) is 0 Å². The molecule has 0 aliphatic heterocycles. The summed E-state index contributed by atoms with van der Waals surface area (Å²) in [5.74, 6) is -0.919. The van der Waals surface area contributed by atoms with E-state index in [9.17, 15) is 4.79 Å². The molecule has 0 heterocycles. The summed E-state index contributed by atoms with van der Waals surface area (Å²) in [5, 5.41) is 12.2. The highest BCUT2D eigenvalue weighted by Crippen LogP contribution is 2.24. The van der Waals surface area contributed by atoms with Gasteiger partial charge < -0.3 is 15.2 Å². The Morgan fingerprint density at radius 3 is 2.75 bits per heavy atom. The number of aromatic carboxylic acids is 1. The highest BCUT2D eigenvalue weighted by atomic mass is 79.9. The fourth-order valence-electron chi connectivity index (χ4n) is 2.43. The van der Waals surface area contributed by atoms with Crippen LogP contribution < -0.4 is 5.32 Å². The Hall–Kier alpha value is -1.07. The number of hydrogen-bond acceptors (Lipinski definition) is 3. The molecule has 0 saturated heterocycles. The first-order valence-corrected chi connectivity index (χ1v) is 7.84. The molecule has 0 atom stereocenters. The molecule has 0 unspecified atom stereocenters. The Balaban J connectivity index is 1.74. The zero-order valence-electron chi connectivity index (χ0n) is 11.4. The summed E-state index contributed by atoms with van der Waals surface area (Å²) < 4.78 is 6.59. The van der Waals surface area contributed by atoms with Crippen molar-refractivity contribution in [1.29, 1.82) is 0 Å². The van der Waals surface area contributed by atoms with Gasteiger partial charge in [-0.1, -0.05) is 19.3 Å². The largest absolute Gasteiger partial charge is 0.478 e. The number of rotatable bonds is 6. The minimum Gasteiger partial charge on any atom is -0.478 e. The van der Waals surface area contributed by atoms with Crippen molar-refractivity contribution in [2.24, 2.45) is 0 Å².